The zero-order valence-electron chi connectivity index (χ0n) is 8.01. The maximum atomic E-state index is 10.7. The summed E-state index contributed by atoms with van der Waals surface area (Å²) in [6, 6.07) is 1.81. The van der Waals surface area contributed by atoms with E-state index in [1.807, 2.05) is 11.4 Å². The van der Waals surface area contributed by atoms with Crippen molar-refractivity contribution in [2.45, 2.75) is 19.1 Å². The fourth-order valence-electron chi connectivity index (χ4n) is 0.985. The van der Waals surface area contributed by atoms with E-state index in [9.17, 15) is 15.0 Å². The van der Waals surface area contributed by atoms with Gasteiger partial charge in [-0.15, -0.1) is 11.3 Å². The van der Waals surface area contributed by atoms with E-state index in [1.54, 1.807) is 0 Å². The summed E-state index contributed by atoms with van der Waals surface area (Å²) in [5, 5.41) is 21.2. The number of aliphatic hydroxyl groups excluding tert-OH is 2. The van der Waals surface area contributed by atoms with E-state index in [0.717, 1.165) is 16.2 Å². The smallest absolute Gasteiger partial charge is 0.185 e. The van der Waals surface area contributed by atoms with Crippen LogP contribution in [0.2, 0.25) is 0 Å². The molecule has 1 aromatic rings. The Kier molecular flexibility index (Phi) is 5.28. The summed E-state index contributed by atoms with van der Waals surface area (Å²) >= 11 is 5.66. The van der Waals surface area contributed by atoms with E-state index >= 15 is 0 Å². The van der Waals surface area contributed by atoms with Gasteiger partial charge in [-0.25, -0.2) is 0 Å². The van der Waals surface area contributed by atoms with Crippen LogP contribution in [0.25, 0.3) is 0 Å². The van der Waals surface area contributed by atoms with Gasteiger partial charge in [-0.1, -0.05) is 11.8 Å². The van der Waals surface area contributed by atoms with Crippen molar-refractivity contribution in [3.05, 3.63) is 20.8 Å². The molecule has 0 aliphatic heterocycles. The maximum Gasteiger partial charge on any atom is 0.185 e. The zero-order chi connectivity index (χ0) is 11.4. The van der Waals surface area contributed by atoms with Crippen LogP contribution in [0.5, 0.6) is 0 Å². The molecule has 0 bridgehead atoms. The van der Waals surface area contributed by atoms with E-state index in [1.165, 1.54) is 18.3 Å². The molecule has 1 heterocycles. The van der Waals surface area contributed by atoms with E-state index < -0.39 is 12.2 Å². The first-order chi connectivity index (χ1) is 7.02. The van der Waals surface area contributed by atoms with Crippen LogP contribution in [0.15, 0.2) is 15.9 Å². The van der Waals surface area contributed by atoms with Crippen LogP contribution in [0.3, 0.4) is 0 Å². The summed E-state index contributed by atoms with van der Waals surface area (Å²) in [6.07, 6.45) is -1.86. The minimum absolute atomic E-state index is 0.0634. The number of halogens is 1. The van der Waals surface area contributed by atoms with Crippen molar-refractivity contribution in [3.8, 4) is 0 Å². The molecule has 15 heavy (non-hydrogen) atoms. The van der Waals surface area contributed by atoms with E-state index in [4.69, 9.17) is 0 Å². The molecule has 2 unspecified atom stereocenters. The van der Waals surface area contributed by atoms with Gasteiger partial charge in [0.15, 0.2) is 5.12 Å². The lowest BCUT2D eigenvalue weighted by Gasteiger charge is -2.15. The highest BCUT2D eigenvalue weighted by Gasteiger charge is 2.22. The monoisotopic (exact) mass is 310 g/mol. The highest BCUT2D eigenvalue weighted by molar-refractivity contribution is 9.10. The molecule has 0 saturated heterocycles. The Morgan fingerprint density at radius 2 is 2.33 bits per heavy atom. The van der Waals surface area contributed by atoms with Gasteiger partial charge in [-0.2, -0.15) is 0 Å². The Morgan fingerprint density at radius 3 is 2.80 bits per heavy atom. The largest absolute Gasteiger partial charge is 0.389 e. The van der Waals surface area contributed by atoms with Gasteiger partial charge in [0, 0.05) is 22.0 Å². The molecule has 0 amide bonds. The first kappa shape index (κ1) is 13.2. The number of thioether (sulfide) groups is 1. The van der Waals surface area contributed by atoms with Gasteiger partial charge in [0.05, 0.1) is 6.10 Å². The number of rotatable bonds is 4. The summed E-state index contributed by atoms with van der Waals surface area (Å²) in [6.45, 7) is 1.44. The fraction of sp³-hybridized carbons (Fsp3) is 0.444. The molecular weight excluding hydrogens is 300 g/mol. The quantitative estimate of drug-likeness (QED) is 0.895. The average molecular weight is 311 g/mol. The van der Waals surface area contributed by atoms with Crippen LogP contribution in [-0.2, 0) is 4.79 Å². The minimum Gasteiger partial charge on any atom is -0.389 e. The number of hydrogen-bond donors (Lipinski definition) is 2. The van der Waals surface area contributed by atoms with Crippen molar-refractivity contribution in [1.82, 2.24) is 0 Å². The predicted molar refractivity (Wildman–Crippen MR) is 66.1 cm³/mol. The lowest BCUT2D eigenvalue weighted by Crippen LogP contribution is -2.20. The normalized spacial score (nSPS) is 14.9. The van der Waals surface area contributed by atoms with Crippen LogP contribution >= 0.6 is 39.0 Å². The molecule has 0 fully saturated rings. The molecule has 0 aliphatic rings. The number of aliphatic hydroxyl groups is 2. The number of hydrogen-bond acceptors (Lipinski definition) is 5. The molecule has 0 spiro atoms. The van der Waals surface area contributed by atoms with Gasteiger partial charge >= 0.3 is 0 Å². The van der Waals surface area contributed by atoms with Crippen molar-refractivity contribution in [1.29, 1.82) is 0 Å². The second-order valence-electron chi connectivity index (χ2n) is 2.95. The highest BCUT2D eigenvalue weighted by Crippen LogP contribution is 2.31. The first-order valence-electron chi connectivity index (χ1n) is 4.24. The molecule has 0 radical (unpaired) electrons. The van der Waals surface area contributed by atoms with Gasteiger partial charge in [-0.05, 0) is 27.4 Å². The van der Waals surface area contributed by atoms with E-state index in [-0.39, 0.29) is 10.9 Å². The highest BCUT2D eigenvalue weighted by atomic mass is 79.9. The summed E-state index contributed by atoms with van der Waals surface area (Å²) in [5.74, 6) is 0.209. The van der Waals surface area contributed by atoms with Crippen LogP contribution in [0.4, 0.5) is 0 Å². The van der Waals surface area contributed by atoms with Gasteiger partial charge in [0.1, 0.15) is 6.10 Å². The Balaban J connectivity index is 2.57. The van der Waals surface area contributed by atoms with Crippen molar-refractivity contribution in [2.24, 2.45) is 0 Å². The average Bonchev–Trinajstić information content (AvgIpc) is 2.59. The molecule has 3 nitrogen and oxygen atoms in total. The molecule has 0 aliphatic carbocycles. The molecule has 6 heteroatoms. The van der Waals surface area contributed by atoms with E-state index in [2.05, 4.69) is 15.9 Å². The van der Waals surface area contributed by atoms with E-state index in [0.29, 0.717) is 4.88 Å². The summed E-state index contributed by atoms with van der Waals surface area (Å²) in [4.78, 5) is 11.4. The van der Waals surface area contributed by atoms with Crippen LogP contribution in [0, 0.1) is 0 Å². The molecule has 0 aromatic carbocycles. The van der Waals surface area contributed by atoms with Crippen molar-refractivity contribution >= 4 is 44.1 Å². The van der Waals surface area contributed by atoms with Gasteiger partial charge < -0.3 is 10.2 Å². The maximum absolute atomic E-state index is 10.7. The third-order valence-electron chi connectivity index (χ3n) is 1.74. The molecule has 2 atom stereocenters. The lowest BCUT2D eigenvalue weighted by molar-refractivity contribution is -0.109. The van der Waals surface area contributed by atoms with Crippen LogP contribution < -0.4 is 0 Å². The molecule has 1 rings (SSSR count). The molecule has 84 valence electrons. The zero-order valence-corrected chi connectivity index (χ0v) is 11.2. The molecule has 1 aromatic heterocycles. The van der Waals surface area contributed by atoms with Crippen LogP contribution in [0.1, 0.15) is 17.9 Å². The number of thiophene rings is 1. The van der Waals surface area contributed by atoms with Gasteiger partial charge in [0.2, 0.25) is 0 Å². The summed E-state index contributed by atoms with van der Waals surface area (Å²) in [5.41, 5.74) is 0. The lowest BCUT2D eigenvalue weighted by atomic mass is 10.2. The van der Waals surface area contributed by atoms with Crippen molar-refractivity contribution in [3.63, 3.8) is 0 Å². The fourth-order valence-corrected chi connectivity index (χ4v) is 3.22. The third kappa shape index (κ3) is 3.88. The van der Waals surface area contributed by atoms with Gasteiger partial charge in [0.25, 0.3) is 0 Å². The minimum atomic E-state index is -0.939. The van der Waals surface area contributed by atoms with Crippen molar-refractivity contribution in [2.75, 3.05) is 5.75 Å². The standard InChI is InChI=1S/C9H11BrO3S2/c1-5(11)15-4-7(12)8(13)9-6(10)2-3-14-9/h2-3,7-8,12-13H,4H2,1H3. The Labute approximate surface area is 105 Å². The van der Waals surface area contributed by atoms with Crippen molar-refractivity contribution < 1.29 is 15.0 Å². The van der Waals surface area contributed by atoms with Crippen LogP contribution in [-0.4, -0.2) is 27.2 Å². The summed E-state index contributed by atoms with van der Waals surface area (Å²) in [7, 11) is 0. The SMILES string of the molecule is CC(=O)SCC(O)C(O)c1sccc1Br. The second kappa shape index (κ2) is 6.00. The molecule has 2 N–H and O–H groups in total. The second-order valence-corrected chi connectivity index (χ2v) is 5.95. The Morgan fingerprint density at radius 1 is 1.67 bits per heavy atom. The number of carbonyl (C=O) groups is 1. The topological polar surface area (TPSA) is 57.5 Å². The first-order valence-corrected chi connectivity index (χ1v) is 6.90. The molecular formula is C9H11BrO3S2. The number of carbonyl (C=O) groups excluding carboxylic acids is 1. The Hall–Kier alpha value is 0.120. The van der Waals surface area contributed by atoms with Gasteiger partial charge in [-0.3, -0.25) is 4.79 Å². The molecule has 0 saturated carbocycles. The third-order valence-corrected chi connectivity index (χ3v) is 4.59. The Bertz CT molecular complexity index is 340. The summed E-state index contributed by atoms with van der Waals surface area (Å²) < 4.78 is 0.784. The predicted octanol–water partition coefficient (Wildman–Crippen LogP) is 2.18.